The predicted molar refractivity (Wildman–Crippen MR) is 118 cm³/mol. The van der Waals surface area contributed by atoms with E-state index in [1.165, 1.54) is 0 Å². The highest BCUT2D eigenvalue weighted by atomic mass is 32.1. The van der Waals surface area contributed by atoms with Crippen molar-refractivity contribution >= 4 is 45.0 Å². The van der Waals surface area contributed by atoms with E-state index in [9.17, 15) is 14.4 Å². The summed E-state index contributed by atoms with van der Waals surface area (Å²) in [5.74, 6) is -1.02. The molecule has 2 fully saturated rings. The summed E-state index contributed by atoms with van der Waals surface area (Å²) < 4.78 is 1.13. The summed E-state index contributed by atoms with van der Waals surface area (Å²) in [5.41, 5.74) is 2.56. The van der Waals surface area contributed by atoms with Gasteiger partial charge in [-0.2, -0.15) is 0 Å². The van der Waals surface area contributed by atoms with E-state index in [4.69, 9.17) is 0 Å². The number of thiazole rings is 1. The van der Waals surface area contributed by atoms with Crippen LogP contribution in [0, 0.1) is 23.7 Å². The molecule has 0 spiro atoms. The number of fused-ring (bicyclic) bond motifs is 6. The van der Waals surface area contributed by atoms with E-state index in [0.717, 1.165) is 32.1 Å². The van der Waals surface area contributed by atoms with Gasteiger partial charge in [0.15, 0.2) is 0 Å². The van der Waals surface area contributed by atoms with Crippen LogP contribution in [0.4, 0.5) is 5.69 Å². The molecule has 4 atom stereocenters. The Labute approximate surface area is 182 Å². The SMILES string of the molecule is O=C(CN1C(=O)C2C3C=CC(C3)C2C1=O)Nc1ccc(-c2nc3ccccc3s2)cc1. The van der Waals surface area contributed by atoms with Crippen LogP contribution in [0.3, 0.4) is 0 Å². The van der Waals surface area contributed by atoms with Crippen molar-refractivity contribution in [3.8, 4) is 10.6 Å². The minimum Gasteiger partial charge on any atom is -0.325 e. The number of anilines is 1. The quantitative estimate of drug-likeness (QED) is 0.507. The van der Waals surface area contributed by atoms with E-state index < -0.39 is 0 Å². The van der Waals surface area contributed by atoms with Crippen LogP contribution < -0.4 is 5.32 Å². The van der Waals surface area contributed by atoms with E-state index >= 15 is 0 Å². The van der Waals surface area contributed by atoms with Gasteiger partial charge in [-0.15, -0.1) is 11.3 Å². The first-order valence-electron chi connectivity index (χ1n) is 10.4. The van der Waals surface area contributed by atoms with Gasteiger partial charge in [-0.05, 0) is 54.7 Å². The summed E-state index contributed by atoms with van der Waals surface area (Å²) in [7, 11) is 0. The van der Waals surface area contributed by atoms with Crippen molar-refractivity contribution < 1.29 is 14.4 Å². The molecule has 3 aliphatic rings. The molecule has 7 heteroatoms. The first-order chi connectivity index (χ1) is 15.1. The summed E-state index contributed by atoms with van der Waals surface area (Å²) in [6.45, 7) is -0.232. The molecule has 1 saturated carbocycles. The van der Waals surface area contributed by atoms with E-state index in [-0.39, 0.29) is 47.9 Å². The summed E-state index contributed by atoms with van der Waals surface area (Å²) in [6.07, 6.45) is 4.98. The first kappa shape index (κ1) is 18.4. The summed E-state index contributed by atoms with van der Waals surface area (Å²) >= 11 is 1.62. The standard InChI is InChI=1S/C24H19N3O3S/c28-19(12-27-23(29)20-14-5-6-15(11-14)21(20)24(27)30)25-16-9-7-13(8-10-16)22-26-17-3-1-2-4-18(17)31-22/h1-10,14-15,20-21H,11-12H2,(H,25,28). The second kappa shape index (κ2) is 6.85. The molecule has 1 saturated heterocycles. The summed E-state index contributed by atoms with van der Waals surface area (Å²) in [5, 5.41) is 3.72. The Morgan fingerprint density at radius 3 is 2.35 bits per heavy atom. The average molecular weight is 430 g/mol. The number of carbonyl (C=O) groups is 3. The third-order valence-electron chi connectivity index (χ3n) is 6.57. The molecule has 0 radical (unpaired) electrons. The lowest BCUT2D eigenvalue weighted by molar-refractivity contribution is -0.143. The lowest BCUT2D eigenvalue weighted by Gasteiger charge is -2.16. The number of nitrogens with one attached hydrogen (secondary N) is 1. The summed E-state index contributed by atoms with van der Waals surface area (Å²) in [4.78, 5) is 43.8. The first-order valence-corrected chi connectivity index (χ1v) is 11.2. The largest absolute Gasteiger partial charge is 0.325 e. The van der Waals surface area contributed by atoms with Crippen LogP contribution in [0.1, 0.15) is 6.42 Å². The number of likely N-dealkylation sites (tertiary alicyclic amines) is 1. The molecule has 1 N–H and O–H groups in total. The number of imide groups is 1. The van der Waals surface area contributed by atoms with Crippen LogP contribution in [0.5, 0.6) is 0 Å². The van der Waals surface area contributed by atoms with Gasteiger partial charge in [0, 0.05) is 11.3 Å². The smallest absolute Gasteiger partial charge is 0.244 e. The van der Waals surface area contributed by atoms with Gasteiger partial charge in [-0.3, -0.25) is 19.3 Å². The van der Waals surface area contributed by atoms with Crippen LogP contribution in [0.15, 0.2) is 60.7 Å². The normalized spacial score (nSPS) is 26.1. The Kier molecular flexibility index (Phi) is 4.08. The number of amides is 3. The topological polar surface area (TPSA) is 79.4 Å². The molecule has 31 heavy (non-hydrogen) atoms. The van der Waals surface area contributed by atoms with Crippen LogP contribution in [-0.2, 0) is 14.4 Å². The number of para-hydroxylation sites is 1. The highest BCUT2D eigenvalue weighted by Gasteiger charge is 2.59. The van der Waals surface area contributed by atoms with Gasteiger partial charge in [0.25, 0.3) is 0 Å². The number of rotatable bonds is 4. The van der Waals surface area contributed by atoms with Crippen molar-refractivity contribution in [1.82, 2.24) is 9.88 Å². The van der Waals surface area contributed by atoms with Crippen molar-refractivity contribution in [1.29, 1.82) is 0 Å². The Bertz CT molecular complexity index is 1200. The number of nitrogens with zero attached hydrogens (tertiary/aromatic N) is 2. The maximum atomic E-state index is 12.7. The van der Waals surface area contributed by atoms with Gasteiger partial charge in [0.05, 0.1) is 22.1 Å². The molecule has 4 unspecified atom stereocenters. The van der Waals surface area contributed by atoms with Gasteiger partial charge in [0.1, 0.15) is 11.6 Å². The molecule has 2 aromatic carbocycles. The molecular weight excluding hydrogens is 410 g/mol. The number of benzene rings is 2. The number of carbonyl (C=O) groups excluding carboxylic acids is 3. The van der Waals surface area contributed by atoms with Crippen LogP contribution in [0.2, 0.25) is 0 Å². The van der Waals surface area contributed by atoms with Crippen molar-refractivity contribution in [3.63, 3.8) is 0 Å². The van der Waals surface area contributed by atoms with E-state index in [1.54, 1.807) is 11.3 Å². The number of allylic oxidation sites excluding steroid dienone is 2. The molecule has 154 valence electrons. The summed E-state index contributed by atoms with van der Waals surface area (Å²) in [6, 6.07) is 15.4. The number of aromatic nitrogens is 1. The van der Waals surface area contributed by atoms with Crippen LogP contribution in [0.25, 0.3) is 20.8 Å². The van der Waals surface area contributed by atoms with Crippen LogP contribution in [-0.4, -0.2) is 34.2 Å². The molecular formula is C24H19N3O3S. The fourth-order valence-electron chi connectivity index (χ4n) is 5.16. The van der Waals surface area contributed by atoms with Gasteiger partial charge < -0.3 is 5.32 Å². The van der Waals surface area contributed by atoms with Crippen molar-refractivity contribution in [2.24, 2.45) is 23.7 Å². The zero-order valence-corrected chi connectivity index (χ0v) is 17.3. The van der Waals surface area contributed by atoms with Crippen molar-refractivity contribution in [2.45, 2.75) is 6.42 Å². The van der Waals surface area contributed by atoms with Crippen molar-refractivity contribution in [2.75, 3.05) is 11.9 Å². The Morgan fingerprint density at radius 1 is 1.00 bits per heavy atom. The van der Waals surface area contributed by atoms with Gasteiger partial charge in [-0.25, -0.2) is 4.98 Å². The van der Waals surface area contributed by atoms with E-state index in [1.807, 2.05) is 60.7 Å². The fraction of sp³-hybridized carbons (Fsp3) is 0.250. The van der Waals surface area contributed by atoms with Gasteiger partial charge in [0.2, 0.25) is 17.7 Å². The Hall–Kier alpha value is -3.32. The molecule has 3 amide bonds. The third-order valence-corrected chi connectivity index (χ3v) is 7.66. The Morgan fingerprint density at radius 2 is 1.68 bits per heavy atom. The van der Waals surface area contributed by atoms with E-state index in [0.29, 0.717) is 5.69 Å². The van der Waals surface area contributed by atoms with Crippen LogP contribution >= 0.6 is 11.3 Å². The minimum atomic E-state index is -0.366. The highest BCUT2D eigenvalue weighted by Crippen LogP contribution is 2.52. The molecule has 2 aliphatic carbocycles. The monoisotopic (exact) mass is 429 g/mol. The molecule has 6 rings (SSSR count). The molecule has 1 aliphatic heterocycles. The maximum Gasteiger partial charge on any atom is 0.244 e. The zero-order valence-electron chi connectivity index (χ0n) is 16.5. The zero-order chi connectivity index (χ0) is 21.1. The Balaban J connectivity index is 1.13. The maximum absolute atomic E-state index is 12.7. The fourth-order valence-corrected chi connectivity index (χ4v) is 6.13. The number of hydrogen-bond donors (Lipinski definition) is 1. The van der Waals surface area contributed by atoms with Gasteiger partial charge >= 0.3 is 0 Å². The number of hydrogen-bond acceptors (Lipinski definition) is 5. The second-order valence-electron chi connectivity index (χ2n) is 8.37. The molecule has 6 nitrogen and oxygen atoms in total. The minimum absolute atomic E-state index is 0.148. The molecule has 2 bridgehead atoms. The van der Waals surface area contributed by atoms with Crippen molar-refractivity contribution in [3.05, 3.63) is 60.7 Å². The predicted octanol–water partition coefficient (Wildman–Crippen LogP) is 3.71. The third kappa shape index (κ3) is 2.91. The lowest BCUT2D eigenvalue weighted by Crippen LogP contribution is -2.39. The lowest BCUT2D eigenvalue weighted by atomic mass is 9.85. The second-order valence-corrected chi connectivity index (χ2v) is 9.41. The molecule has 1 aromatic heterocycles. The van der Waals surface area contributed by atoms with Gasteiger partial charge in [-0.1, -0.05) is 24.3 Å². The molecule has 3 aromatic rings. The molecule has 2 heterocycles. The highest BCUT2D eigenvalue weighted by molar-refractivity contribution is 7.21. The average Bonchev–Trinajstić information content (AvgIpc) is 3.54. The van der Waals surface area contributed by atoms with E-state index in [2.05, 4.69) is 10.3 Å².